The zero-order chi connectivity index (χ0) is 15.0. The molecule has 0 radical (unpaired) electrons. The molecule has 2 heterocycles. The molecule has 0 unspecified atom stereocenters. The Morgan fingerprint density at radius 2 is 1.90 bits per heavy atom. The summed E-state index contributed by atoms with van der Waals surface area (Å²) in [6.07, 6.45) is 0. The third-order valence-corrected chi connectivity index (χ3v) is 5.58. The topological polar surface area (TPSA) is 92.9 Å². The van der Waals surface area contributed by atoms with E-state index < -0.39 is 15.9 Å². The number of amides is 1. The third-order valence-electron chi connectivity index (χ3n) is 3.75. The van der Waals surface area contributed by atoms with Gasteiger partial charge in [-0.15, -0.1) is 0 Å². The van der Waals surface area contributed by atoms with Crippen molar-refractivity contribution in [3.63, 3.8) is 0 Å². The van der Waals surface area contributed by atoms with Crippen LogP contribution in [0.3, 0.4) is 0 Å². The van der Waals surface area contributed by atoms with Gasteiger partial charge < -0.3 is 10.5 Å². The smallest absolute Gasteiger partial charge is 0.269 e. The number of carbonyl (C=O) groups excluding carboxylic acids is 1. The summed E-state index contributed by atoms with van der Waals surface area (Å²) in [6, 6.07) is 4.36. The molecule has 0 bridgehead atoms. The minimum absolute atomic E-state index is 0.00878. The highest BCUT2D eigenvalue weighted by atomic mass is 32.2. The van der Waals surface area contributed by atoms with Crippen LogP contribution in [0.1, 0.15) is 10.4 Å². The van der Waals surface area contributed by atoms with E-state index in [-0.39, 0.29) is 17.0 Å². The molecule has 1 aromatic rings. The van der Waals surface area contributed by atoms with Crippen molar-refractivity contribution in [3.8, 4) is 0 Å². The van der Waals surface area contributed by atoms with Crippen molar-refractivity contribution >= 4 is 21.6 Å². The molecular formula is C13H17N3O4S. The molecule has 0 atom stereocenters. The van der Waals surface area contributed by atoms with Crippen LogP contribution in [0.2, 0.25) is 0 Å². The highest BCUT2D eigenvalue weighted by Gasteiger charge is 2.41. The van der Waals surface area contributed by atoms with Crippen LogP contribution in [0.15, 0.2) is 23.1 Å². The molecular weight excluding hydrogens is 294 g/mol. The number of fused-ring (bicyclic) bond motifs is 1. The summed E-state index contributed by atoms with van der Waals surface area (Å²) in [6.45, 7) is 3.44. The van der Waals surface area contributed by atoms with E-state index in [1.807, 2.05) is 0 Å². The van der Waals surface area contributed by atoms with Gasteiger partial charge in [-0.05, 0) is 18.2 Å². The number of nitrogens with two attached hydrogens (primary N) is 1. The van der Waals surface area contributed by atoms with Crippen molar-refractivity contribution in [3.05, 3.63) is 23.8 Å². The lowest BCUT2D eigenvalue weighted by atomic mass is 10.2. The summed E-state index contributed by atoms with van der Waals surface area (Å²) in [5, 5.41) is 0. The first kappa shape index (κ1) is 14.3. The quantitative estimate of drug-likeness (QED) is 0.774. The van der Waals surface area contributed by atoms with E-state index in [0.29, 0.717) is 25.4 Å². The molecule has 0 saturated carbocycles. The van der Waals surface area contributed by atoms with Crippen LogP contribution in [0.25, 0.3) is 0 Å². The molecule has 114 valence electrons. The van der Waals surface area contributed by atoms with Gasteiger partial charge in [0, 0.05) is 25.3 Å². The number of sulfonamides is 1. The second-order valence-corrected chi connectivity index (χ2v) is 6.92. The molecule has 1 aromatic carbocycles. The number of nitrogen functional groups attached to an aromatic ring is 1. The number of rotatable bonds is 3. The summed E-state index contributed by atoms with van der Waals surface area (Å²) < 4.78 is 31.0. The third kappa shape index (κ3) is 2.50. The van der Waals surface area contributed by atoms with Gasteiger partial charge in [0.1, 0.15) is 4.90 Å². The Morgan fingerprint density at radius 3 is 2.62 bits per heavy atom. The van der Waals surface area contributed by atoms with E-state index in [0.717, 1.165) is 17.4 Å². The van der Waals surface area contributed by atoms with E-state index in [1.165, 1.54) is 18.2 Å². The van der Waals surface area contributed by atoms with Crippen molar-refractivity contribution in [2.24, 2.45) is 0 Å². The summed E-state index contributed by atoms with van der Waals surface area (Å²) in [4.78, 5) is 14.4. The molecule has 2 aliphatic rings. The Hall–Kier alpha value is -1.64. The number of hydrogen-bond acceptors (Lipinski definition) is 6. The van der Waals surface area contributed by atoms with Gasteiger partial charge in [-0.2, -0.15) is 0 Å². The largest absolute Gasteiger partial charge is 0.399 e. The Morgan fingerprint density at radius 1 is 1.19 bits per heavy atom. The van der Waals surface area contributed by atoms with Crippen LogP contribution >= 0.6 is 0 Å². The van der Waals surface area contributed by atoms with Gasteiger partial charge in [-0.3, -0.25) is 9.69 Å². The van der Waals surface area contributed by atoms with Gasteiger partial charge in [-0.1, -0.05) is 0 Å². The van der Waals surface area contributed by atoms with E-state index in [4.69, 9.17) is 10.5 Å². The molecule has 1 amide bonds. The maximum atomic E-state index is 12.4. The monoisotopic (exact) mass is 311 g/mol. The van der Waals surface area contributed by atoms with Gasteiger partial charge in [0.2, 0.25) is 0 Å². The van der Waals surface area contributed by atoms with E-state index in [2.05, 4.69) is 4.90 Å². The van der Waals surface area contributed by atoms with Gasteiger partial charge in [0.15, 0.2) is 0 Å². The van der Waals surface area contributed by atoms with Crippen LogP contribution < -0.4 is 5.73 Å². The van der Waals surface area contributed by atoms with Gasteiger partial charge in [0.25, 0.3) is 15.9 Å². The Kier molecular flexibility index (Phi) is 3.60. The molecule has 2 aliphatic heterocycles. The minimum atomic E-state index is -3.77. The van der Waals surface area contributed by atoms with Crippen LogP contribution in [-0.4, -0.2) is 62.9 Å². The second kappa shape index (κ2) is 5.28. The van der Waals surface area contributed by atoms with Crippen LogP contribution in [0.5, 0.6) is 0 Å². The summed E-state index contributed by atoms with van der Waals surface area (Å²) in [5.41, 5.74) is 6.15. The predicted molar refractivity (Wildman–Crippen MR) is 76.3 cm³/mol. The highest BCUT2D eigenvalue weighted by molar-refractivity contribution is 7.90. The number of hydrogen-bond donors (Lipinski definition) is 1. The fourth-order valence-corrected chi connectivity index (χ4v) is 4.16. The SMILES string of the molecule is Nc1ccc2c(c1)S(=O)(=O)N(CCN1CCOCC1)C2=O. The number of nitrogens with zero attached hydrogens (tertiary/aromatic N) is 2. The molecule has 21 heavy (non-hydrogen) atoms. The molecule has 0 aromatic heterocycles. The van der Waals surface area contributed by atoms with E-state index in [1.54, 1.807) is 0 Å². The number of morpholine rings is 1. The number of anilines is 1. The van der Waals surface area contributed by atoms with Crippen molar-refractivity contribution in [1.29, 1.82) is 0 Å². The number of benzene rings is 1. The Labute approximate surface area is 123 Å². The Balaban J connectivity index is 1.79. The van der Waals surface area contributed by atoms with Crippen molar-refractivity contribution in [1.82, 2.24) is 9.21 Å². The molecule has 2 N–H and O–H groups in total. The average Bonchev–Trinajstić information content (AvgIpc) is 2.65. The summed E-state index contributed by atoms with van der Waals surface area (Å²) in [5.74, 6) is -0.474. The zero-order valence-electron chi connectivity index (χ0n) is 11.5. The van der Waals surface area contributed by atoms with E-state index in [9.17, 15) is 13.2 Å². The van der Waals surface area contributed by atoms with Gasteiger partial charge >= 0.3 is 0 Å². The lowest BCUT2D eigenvalue weighted by molar-refractivity contribution is 0.0360. The first-order valence-electron chi connectivity index (χ1n) is 6.77. The zero-order valence-corrected chi connectivity index (χ0v) is 12.3. The first-order chi connectivity index (χ1) is 10.00. The maximum Gasteiger partial charge on any atom is 0.269 e. The molecule has 0 aliphatic carbocycles. The molecule has 8 heteroatoms. The van der Waals surface area contributed by atoms with Crippen LogP contribution in [-0.2, 0) is 14.8 Å². The van der Waals surface area contributed by atoms with Crippen molar-refractivity contribution in [2.75, 3.05) is 45.1 Å². The average molecular weight is 311 g/mol. The van der Waals surface area contributed by atoms with Crippen LogP contribution in [0, 0.1) is 0 Å². The maximum absolute atomic E-state index is 12.4. The number of carbonyl (C=O) groups is 1. The predicted octanol–water partition coefficient (Wildman–Crippen LogP) is -0.254. The highest BCUT2D eigenvalue weighted by Crippen LogP contribution is 2.31. The normalized spacial score (nSPS) is 21.5. The lowest BCUT2D eigenvalue weighted by Gasteiger charge is -2.28. The summed E-state index contributed by atoms with van der Waals surface area (Å²) in [7, 11) is -3.77. The number of ether oxygens (including phenoxy) is 1. The molecule has 7 nitrogen and oxygen atoms in total. The fourth-order valence-electron chi connectivity index (χ4n) is 2.57. The first-order valence-corrected chi connectivity index (χ1v) is 8.21. The van der Waals surface area contributed by atoms with Crippen molar-refractivity contribution in [2.45, 2.75) is 4.90 Å². The lowest BCUT2D eigenvalue weighted by Crippen LogP contribution is -2.42. The molecule has 3 rings (SSSR count). The van der Waals surface area contributed by atoms with Crippen molar-refractivity contribution < 1.29 is 17.9 Å². The minimum Gasteiger partial charge on any atom is -0.399 e. The molecule has 0 spiro atoms. The van der Waals surface area contributed by atoms with Gasteiger partial charge in [-0.25, -0.2) is 12.7 Å². The van der Waals surface area contributed by atoms with E-state index >= 15 is 0 Å². The van der Waals surface area contributed by atoms with Crippen LogP contribution in [0.4, 0.5) is 5.69 Å². The molecule has 1 saturated heterocycles. The fraction of sp³-hybridized carbons (Fsp3) is 0.462. The second-order valence-electron chi connectivity index (χ2n) is 5.09. The molecule has 1 fully saturated rings. The standard InChI is InChI=1S/C13H17N3O4S/c14-10-1-2-11-12(9-10)21(18,19)16(13(11)17)4-3-15-5-7-20-8-6-15/h1-2,9H,3-8,14H2. The van der Waals surface area contributed by atoms with Gasteiger partial charge in [0.05, 0.1) is 25.3 Å². The Bertz CT molecular complexity index is 668. The summed E-state index contributed by atoms with van der Waals surface area (Å²) >= 11 is 0.